The number of nitrogens with zero attached hydrogens (tertiary/aromatic N) is 5. The number of anilines is 1. The topological polar surface area (TPSA) is 58.9 Å². The first-order valence-corrected chi connectivity index (χ1v) is 8.47. The van der Waals surface area contributed by atoms with Crippen molar-refractivity contribution >= 4 is 16.9 Å². The number of aromatic nitrogens is 4. The Morgan fingerprint density at radius 2 is 2.05 bits per heavy atom. The number of fused-ring (bicyclic) bond motifs is 1. The third kappa shape index (κ3) is 2.45. The Balaban J connectivity index is 1.70. The highest BCUT2D eigenvalue weighted by Gasteiger charge is 2.23. The lowest BCUT2D eigenvalue weighted by Gasteiger charge is -2.32. The predicted octanol–water partition coefficient (Wildman–Crippen LogP) is 1.99. The molecule has 6 nitrogen and oxygen atoms in total. The molecule has 0 saturated carbocycles. The first-order chi connectivity index (χ1) is 10.8. The Morgan fingerprint density at radius 1 is 1.18 bits per heavy atom. The molecule has 2 aliphatic heterocycles. The summed E-state index contributed by atoms with van der Waals surface area (Å²) in [6, 6.07) is 0.460. The molecule has 0 unspecified atom stereocenters. The lowest BCUT2D eigenvalue weighted by molar-refractivity contribution is 0.349. The smallest absolute Gasteiger partial charge is 0.163 e. The Hall–Kier alpha value is -1.69. The van der Waals surface area contributed by atoms with Crippen LogP contribution in [0.5, 0.6) is 0 Å². The highest BCUT2D eigenvalue weighted by molar-refractivity contribution is 5.86. The molecule has 4 rings (SSSR count). The average Bonchev–Trinajstić information content (AvgIpc) is 2.99. The molecule has 0 aliphatic carbocycles. The summed E-state index contributed by atoms with van der Waals surface area (Å²) in [5, 5.41) is 9.17. The van der Waals surface area contributed by atoms with Crippen molar-refractivity contribution in [2.75, 3.05) is 31.1 Å². The lowest BCUT2D eigenvalue weighted by Crippen LogP contribution is -2.35. The third-order valence-electron chi connectivity index (χ3n) is 4.98. The molecule has 1 N–H and O–H groups in total. The van der Waals surface area contributed by atoms with Crippen molar-refractivity contribution in [3.63, 3.8) is 0 Å². The van der Waals surface area contributed by atoms with Crippen LogP contribution in [0.3, 0.4) is 0 Å². The zero-order valence-electron chi connectivity index (χ0n) is 13.2. The molecule has 1 atom stereocenters. The molecule has 0 radical (unpaired) electrons. The Kier molecular flexibility index (Phi) is 3.70. The molecule has 22 heavy (non-hydrogen) atoms. The average molecular weight is 300 g/mol. The summed E-state index contributed by atoms with van der Waals surface area (Å²) in [6.07, 6.45) is 8.48. The standard InChI is InChI=1S/C16H24N6/c1-12-3-2-8-21(10-12)15-14-9-20-22(16(14)19-11-18-15)13-4-6-17-7-5-13/h9,11-13,17H,2-8,10H2,1H3/t12-/m1/s1. The van der Waals surface area contributed by atoms with Crippen LogP contribution in [0.25, 0.3) is 11.0 Å². The second-order valence-corrected chi connectivity index (χ2v) is 6.70. The molecule has 0 aromatic carbocycles. The molecule has 2 aromatic heterocycles. The van der Waals surface area contributed by atoms with Gasteiger partial charge in [-0.2, -0.15) is 5.10 Å². The minimum atomic E-state index is 0.460. The van der Waals surface area contributed by atoms with E-state index in [9.17, 15) is 0 Å². The van der Waals surface area contributed by atoms with Gasteiger partial charge in [-0.1, -0.05) is 6.92 Å². The van der Waals surface area contributed by atoms with Crippen LogP contribution >= 0.6 is 0 Å². The first-order valence-electron chi connectivity index (χ1n) is 8.47. The van der Waals surface area contributed by atoms with E-state index in [2.05, 4.69) is 36.9 Å². The van der Waals surface area contributed by atoms with E-state index in [0.29, 0.717) is 6.04 Å². The van der Waals surface area contributed by atoms with Crippen LogP contribution in [0.1, 0.15) is 38.6 Å². The van der Waals surface area contributed by atoms with E-state index in [4.69, 9.17) is 0 Å². The number of hydrogen-bond donors (Lipinski definition) is 1. The second kappa shape index (κ2) is 5.83. The van der Waals surface area contributed by atoms with Gasteiger partial charge < -0.3 is 10.2 Å². The maximum Gasteiger partial charge on any atom is 0.163 e. The number of nitrogens with one attached hydrogen (secondary N) is 1. The van der Waals surface area contributed by atoms with Gasteiger partial charge in [0, 0.05) is 13.1 Å². The van der Waals surface area contributed by atoms with Gasteiger partial charge in [-0.3, -0.25) is 0 Å². The lowest BCUT2D eigenvalue weighted by atomic mass is 10.0. The van der Waals surface area contributed by atoms with Crippen LogP contribution in [-0.2, 0) is 0 Å². The summed E-state index contributed by atoms with van der Waals surface area (Å²) in [4.78, 5) is 11.5. The molecule has 2 saturated heterocycles. The largest absolute Gasteiger partial charge is 0.356 e. The molecule has 2 fully saturated rings. The Bertz CT molecular complexity index is 645. The van der Waals surface area contributed by atoms with E-state index < -0.39 is 0 Å². The van der Waals surface area contributed by atoms with Gasteiger partial charge in [0.15, 0.2) is 5.65 Å². The monoisotopic (exact) mass is 300 g/mol. The van der Waals surface area contributed by atoms with E-state index in [-0.39, 0.29) is 0 Å². The predicted molar refractivity (Wildman–Crippen MR) is 87.1 cm³/mol. The zero-order valence-corrected chi connectivity index (χ0v) is 13.2. The summed E-state index contributed by atoms with van der Waals surface area (Å²) in [5.41, 5.74) is 0.995. The maximum absolute atomic E-state index is 4.65. The number of piperidine rings is 2. The molecule has 118 valence electrons. The summed E-state index contributed by atoms with van der Waals surface area (Å²) in [5.74, 6) is 1.80. The minimum Gasteiger partial charge on any atom is -0.356 e. The van der Waals surface area contributed by atoms with Crippen molar-refractivity contribution < 1.29 is 0 Å². The maximum atomic E-state index is 4.65. The van der Waals surface area contributed by atoms with Crippen LogP contribution in [0.15, 0.2) is 12.5 Å². The fraction of sp³-hybridized carbons (Fsp3) is 0.688. The number of rotatable bonds is 2. The van der Waals surface area contributed by atoms with E-state index in [1.807, 2.05) is 6.20 Å². The summed E-state index contributed by atoms with van der Waals surface area (Å²) >= 11 is 0. The zero-order chi connectivity index (χ0) is 14.9. The summed E-state index contributed by atoms with van der Waals surface area (Å²) in [6.45, 7) is 6.63. The van der Waals surface area contributed by atoms with Gasteiger partial charge in [0.05, 0.1) is 17.6 Å². The van der Waals surface area contributed by atoms with Gasteiger partial charge >= 0.3 is 0 Å². The molecule has 2 aromatic rings. The fourth-order valence-corrected chi connectivity index (χ4v) is 3.80. The molecule has 0 bridgehead atoms. The molecular formula is C16H24N6. The quantitative estimate of drug-likeness (QED) is 0.919. The molecule has 6 heteroatoms. The van der Waals surface area contributed by atoms with Crippen molar-refractivity contribution in [2.24, 2.45) is 5.92 Å². The van der Waals surface area contributed by atoms with Crippen LogP contribution in [-0.4, -0.2) is 45.9 Å². The van der Waals surface area contributed by atoms with Crippen LogP contribution in [0, 0.1) is 5.92 Å². The van der Waals surface area contributed by atoms with E-state index >= 15 is 0 Å². The summed E-state index contributed by atoms with van der Waals surface area (Å²) < 4.78 is 2.12. The highest BCUT2D eigenvalue weighted by Crippen LogP contribution is 2.29. The minimum absolute atomic E-state index is 0.460. The van der Waals surface area contributed by atoms with Gasteiger partial charge in [-0.25, -0.2) is 14.6 Å². The highest BCUT2D eigenvalue weighted by atomic mass is 15.3. The van der Waals surface area contributed by atoms with Crippen molar-refractivity contribution in [3.05, 3.63) is 12.5 Å². The van der Waals surface area contributed by atoms with E-state index in [1.54, 1.807) is 6.33 Å². The van der Waals surface area contributed by atoms with Gasteiger partial charge in [-0.05, 0) is 44.7 Å². The molecule has 0 spiro atoms. The van der Waals surface area contributed by atoms with Gasteiger partial charge in [0.1, 0.15) is 12.1 Å². The van der Waals surface area contributed by atoms with Crippen LogP contribution in [0.4, 0.5) is 5.82 Å². The SMILES string of the molecule is C[C@@H]1CCCN(c2ncnc3c2cnn3C2CCNCC2)C1. The molecule has 0 amide bonds. The third-order valence-corrected chi connectivity index (χ3v) is 4.98. The van der Waals surface area contributed by atoms with E-state index in [1.165, 1.54) is 12.8 Å². The summed E-state index contributed by atoms with van der Waals surface area (Å²) in [7, 11) is 0. The Morgan fingerprint density at radius 3 is 2.86 bits per heavy atom. The number of hydrogen-bond acceptors (Lipinski definition) is 5. The fourth-order valence-electron chi connectivity index (χ4n) is 3.80. The Labute approximate surface area is 130 Å². The molecule has 4 heterocycles. The van der Waals surface area contributed by atoms with E-state index in [0.717, 1.165) is 61.8 Å². The molecule has 2 aliphatic rings. The second-order valence-electron chi connectivity index (χ2n) is 6.70. The first kappa shape index (κ1) is 13.9. The van der Waals surface area contributed by atoms with Crippen molar-refractivity contribution in [3.8, 4) is 0 Å². The molecular weight excluding hydrogens is 276 g/mol. The van der Waals surface area contributed by atoms with Gasteiger partial charge in [0.2, 0.25) is 0 Å². The van der Waals surface area contributed by atoms with Crippen molar-refractivity contribution in [1.29, 1.82) is 0 Å². The van der Waals surface area contributed by atoms with Gasteiger partial charge in [-0.15, -0.1) is 0 Å². The van der Waals surface area contributed by atoms with Crippen LogP contribution < -0.4 is 10.2 Å². The normalized spacial score (nSPS) is 24.0. The van der Waals surface area contributed by atoms with Crippen molar-refractivity contribution in [1.82, 2.24) is 25.1 Å². The van der Waals surface area contributed by atoms with Gasteiger partial charge in [0.25, 0.3) is 0 Å². The van der Waals surface area contributed by atoms with Crippen LogP contribution in [0.2, 0.25) is 0 Å². The van der Waals surface area contributed by atoms with Crippen molar-refractivity contribution in [2.45, 2.75) is 38.6 Å².